The zero-order valence-electron chi connectivity index (χ0n) is 9.26. The van der Waals surface area contributed by atoms with E-state index in [1.54, 1.807) is 0 Å². The van der Waals surface area contributed by atoms with Crippen LogP contribution in [-0.4, -0.2) is 37.7 Å². The topological polar surface area (TPSA) is 63.6 Å². The second-order valence-electron chi connectivity index (χ2n) is 4.62. The number of hydrogen-bond donors (Lipinski definition) is 1. The van der Waals surface area contributed by atoms with Crippen molar-refractivity contribution in [2.75, 3.05) is 18.1 Å². The monoisotopic (exact) mass is 246 g/mol. The van der Waals surface area contributed by atoms with Crippen LogP contribution in [0.1, 0.15) is 25.7 Å². The third-order valence-corrected chi connectivity index (χ3v) is 5.01. The quantitative estimate of drug-likeness (QED) is 0.802. The van der Waals surface area contributed by atoms with Crippen molar-refractivity contribution in [3.63, 3.8) is 0 Å². The Morgan fingerprint density at radius 2 is 2.38 bits per heavy atom. The lowest BCUT2D eigenvalue weighted by atomic mass is 9.99. The van der Waals surface area contributed by atoms with Gasteiger partial charge in [0, 0.05) is 0 Å². The molecule has 0 aromatic rings. The van der Waals surface area contributed by atoms with Gasteiger partial charge in [-0.1, -0.05) is 0 Å². The fourth-order valence-corrected chi connectivity index (χ4v) is 4.18. The Labute approximate surface area is 96.2 Å². The average Bonchev–Trinajstić information content (AvgIpc) is 2.59. The first-order chi connectivity index (χ1) is 7.57. The largest absolute Gasteiger partial charge is 0.496 e. The second-order valence-corrected chi connectivity index (χ2v) is 6.85. The number of aliphatic hydroxyl groups is 1. The van der Waals surface area contributed by atoms with Crippen molar-refractivity contribution >= 4 is 9.84 Å². The fourth-order valence-electron chi connectivity index (χ4n) is 2.30. The molecule has 2 aliphatic heterocycles. The average molecular weight is 246 g/mol. The van der Waals surface area contributed by atoms with E-state index in [1.807, 2.05) is 6.08 Å². The number of ether oxygens (including phenoxy) is 1. The lowest BCUT2D eigenvalue weighted by Crippen LogP contribution is -2.20. The Kier molecular flexibility index (Phi) is 3.54. The van der Waals surface area contributed by atoms with Crippen LogP contribution in [0.5, 0.6) is 0 Å². The van der Waals surface area contributed by atoms with Crippen molar-refractivity contribution in [3.8, 4) is 0 Å². The van der Waals surface area contributed by atoms with E-state index in [0.29, 0.717) is 25.2 Å². The standard InChI is InChI=1S/C11H18O4S/c12-10(11-3-1-2-5-15-11)7-9-4-6-16(13,14)8-9/h3,9-10,12H,1-2,4-8H2. The van der Waals surface area contributed by atoms with Crippen molar-refractivity contribution in [2.24, 2.45) is 5.92 Å². The Bertz CT molecular complexity index is 371. The molecule has 2 unspecified atom stereocenters. The van der Waals surface area contributed by atoms with E-state index in [-0.39, 0.29) is 17.4 Å². The van der Waals surface area contributed by atoms with E-state index >= 15 is 0 Å². The molecule has 0 aromatic carbocycles. The molecule has 0 spiro atoms. The summed E-state index contributed by atoms with van der Waals surface area (Å²) in [6.07, 6.45) is 4.40. The summed E-state index contributed by atoms with van der Waals surface area (Å²) in [7, 11) is -2.84. The molecule has 4 nitrogen and oxygen atoms in total. The molecule has 2 aliphatic rings. The van der Waals surface area contributed by atoms with Gasteiger partial charge < -0.3 is 9.84 Å². The molecule has 16 heavy (non-hydrogen) atoms. The van der Waals surface area contributed by atoms with Crippen LogP contribution in [0.25, 0.3) is 0 Å². The summed E-state index contributed by atoms with van der Waals surface area (Å²) in [6.45, 7) is 0.659. The zero-order chi connectivity index (χ0) is 11.6. The van der Waals surface area contributed by atoms with Crippen LogP contribution in [0.3, 0.4) is 0 Å². The van der Waals surface area contributed by atoms with E-state index in [2.05, 4.69) is 0 Å². The molecule has 2 heterocycles. The minimum absolute atomic E-state index is 0.0893. The van der Waals surface area contributed by atoms with Crippen molar-refractivity contribution in [1.29, 1.82) is 0 Å². The lowest BCUT2D eigenvalue weighted by Gasteiger charge is -2.21. The first-order valence-electron chi connectivity index (χ1n) is 5.78. The van der Waals surface area contributed by atoms with Gasteiger partial charge in [0.25, 0.3) is 0 Å². The molecular formula is C11H18O4S. The van der Waals surface area contributed by atoms with Gasteiger partial charge in [0.05, 0.1) is 18.1 Å². The van der Waals surface area contributed by atoms with Crippen molar-refractivity contribution < 1.29 is 18.3 Å². The zero-order valence-corrected chi connectivity index (χ0v) is 10.1. The number of rotatable bonds is 3. The highest BCUT2D eigenvalue weighted by atomic mass is 32.2. The van der Waals surface area contributed by atoms with Gasteiger partial charge >= 0.3 is 0 Å². The van der Waals surface area contributed by atoms with E-state index < -0.39 is 15.9 Å². The van der Waals surface area contributed by atoms with Gasteiger partial charge in [-0.15, -0.1) is 0 Å². The van der Waals surface area contributed by atoms with E-state index in [4.69, 9.17) is 4.74 Å². The van der Waals surface area contributed by atoms with Gasteiger partial charge in [0.1, 0.15) is 11.9 Å². The van der Waals surface area contributed by atoms with Crippen LogP contribution >= 0.6 is 0 Å². The van der Waals surface area contributed by atoms with Crippen LogP contribution < -0.4 is 0 Å². The Morgan fingerprint density at radius 1 is 1.56 bits per heavy atom. The first-order valence-corrected chi connectivity index (χ1v) is 7.60. The normalized spacial score (nSPS) is 30.6. The summed E-state index contributed by atoms with van der Waals surface area (Å²) < 4.78 is 27.9. The van der Waals surface area contributed by atoms with Gasteiger partial charge in [-0.25, -0.2) is 8.42 Å². The number of hydrogen-bond acceptors (Lipinski definition) is 4. The van der Waals surface area contributed by atoms with Crippen molar-refractivity contribution in [2.45, 2.75) is 31.8 Å². The highest BCUT2D eigenvalue weighted by Crippen LogP contribution is 2.26. The summed E-state index contributed by atoms with van der Waals surface area (Å²) >= 11 is 0. The molecule has 1 N–H and O–H groups in total. The Balaban J connectivity index is 1.88. The van der Waals surface area contributed by atoms with Gasteiger partial charge in [-0.3, -0.25) is 0 Å². The van der Waals surface area contributed by atoms with E-state index in [9.17, 15) is 13.5 Å². The van der Waals surface area contributed by atoms with Gasteiger partial charge in [0.2, 0.25) is 0 Å². The van der Waals surface area contributed by atoms with Gasteiger partial charge in [0.15, 0.2) is 9.84 Å². The maximum absolute atomic E-state index is 11.3. The second kappa shape index (κ2) is 4.75. The molecule has 2 rings (SSSR count). The van der Waals surface area contributed by atoms with Crippen molar-refractivity contribution in [3.05, 3.63) is 11.8 Å². The molecule has 0 saturated carbocycles. The molecule has 1 saturated heterocycles. The summed E-state index contributed by atoms with van der Waals surface area (Å²) in [6, 6.07) is 0. The SMILES string of the molecule is O=S1(=O)CCC(CC(O)C2=CCCCO2)C1. The first kappa shape index (κ1) is 11.9. The molecule has 5 heteroatoms. The highest BCUT2D eigenvalue weighted by Gasteiger charge is 2.30. The summed E-state index contributed by atoms with van der Waals surface area (Å²) in [4.78, 5) is 0. The molecule has 0 aromatic heterocycles. The van der Waals surface area contributed by atoms with E-state index in [0.717, 1.165) is 12.8 Å². The lowest BCUT2D eigenvalue weighted by molar-refractivity contribution is 0.0783. The Morgan fingerprint density at radius 3 is 2.94 bits per heavy atom. The number of aliphatic hydroxyl groups excluding tert-OH is 1. The summed E-state index contributed by atoms with van der Waals surface area (Å²) in [5, 5.41) is 9.92. The van der Waals surface area contributed by atoms with Crippen LogP contribution in [-0.2, 0) is 14.6 Å². The third-order valence-electron chi connectivity index (χ3n) is 3.17. The Hall–Kier alpha value is -0.550. The van der Waals surface area contributed by atoms with Crippen molar-refractivity contribution in [1.82, 2.24) is 0 Å². The van der Waals surface area contributed by atoms with Gasteiger partial charge in [-0.05, 0) is 37.7 Å². The number of sulfone groups is 1. The minimum atomic E-state index is -2.84. The predicted octanol–water partition coefficient (Wildman–Crippen LogP) is 0.866. The summed E-state index contributed by atoms with van der Waals surface area (Å²) in [5.74, 6) is 1.21. The maximum atomic E-state index is 11.3. The predicted molar refractivity (Wildman–Crippen MR) is 60.7 cm³/mol. The van der Waals surface area contributed by atoms with Crippen LogP contribution in [0.4, 0.5) is 0 Å². The molecular weight excluding hydrogens is 228 g/mol. The third kappa shape index (κ3) is 2.98. The fraction of sp³-hybridized carbons (Fsp3) is 0.818. The molecule has 92 valence electrons. The van der Waals surface area contributed by atoms with Crippen LogP contribution in [0.2, 0.25) is 0 Å². The molecule has 0 aliphatic carbocycles. The molecule has 0 amide bonds. The van der Waals surface area contributed by atoms with Crippen LogP contribution in [0, 0.1) is 5.92 Å². The minimum Gasteiger partial charge on any atom is -0.496 e. The smallest absolute Gasteiger partial charge is 0.150 e. The highest BCUT2D eigenvalue weighted by molar-refractivity contribution is 7.91. The van der Waals surface area contributed by atoms with Gasteiger partial charge in [-0.2, -0.15) is 0 Å². The summed E-state index contributed by atoms with van der Waals surface area (Å²) in [5.41, 5.74) is 0. The molecule has 0 radical (unpaired) electrons. The van der Waals surface area contributed by atoms with E-state index in [1.165, 1.54) is 0 Å². The molecule has 1 fully saturated rings. The maximum Gasteiger partial charge on any atom is 0.150 e. The van der Waals surface area contributed by atoms with Crippen LogP contribution in [0.15, 0.2) is 11.8 Å². The number of allylic oxidation sites excluding steroid dienone is 1. The molecule has 0 bridgehead atoms. The molecule has 2 atom stereocenters.